The smallest absolute Gasteiger partial charge is 0.0577 e. The number of fused-ring (bicyclic) bond motifs is 5. The molecule has 3 unspecified atom stereocenters. The third kappa shape index (κ3) is 7.47. The highest BCUT2D eigenvalue weighted by molar-refractivity contribution is 5.12. The molecular formula is C35H68N4O. The van der Waals surface area contributed by atoms with Gasteiger partial charge in [0.1, 0.15) is 0 Å². The zero-order valence-corrected chi connectivity index (χ0v) is 27.2. The molecule has 5 heteroatoms. The maximum Gasteiger partial charge on any atom is 0.0577 e. The van der Waals surface area contributed by atoms with E-state index in [0.717, 1.165) is 81.7 Å². The molecule has 5 nitrogen and oxygen atoms in total. The van der Waals surface area contributed by atoms with Crippen LogP contribution in [0.1, 0.15) is 118 Å². The number of aliphatic hydroxyl groups excluding tert-OH is 1. The molecule has 6 N–H and O–H groups in total. The molecular weight excluding hydrogens is 492 g/mol. The molecule has 0 amide bonds. The van der Waals surface area contributed by atoms with Crippen LogP contribution in [-0.4, -0.2) is 56.5 Å². The van der Waals surface area contributed by atoms with E-state index >= 15 is 0 Å². The standard InChI is InChI=1S/C35H68N4O/c1-25(2)9-6-10-26(3)29-11-12-30-33-31(14-16-35(29,30)5)34(4)15-13-28(23-27(34)24-32(33)40)39-20-8-19-38-22-21-37-18-7-17-36/h25-33,37-40H,6-24,36H2,1-5H3/t26-,27+,28+,29-,30?,31?,32-,33?,34+,35-/m1/s1. The van der Waals surface area contributed by atoms with Gasteiger partial charge in [-0.25, -0.2) is 0 Å². The molecule has 0 aromatic heterocycles. The lowest BCUT2D eigenvalue weighted by Gasteiger charge is -2.62. The Balaban J connectivity index is 1.24. The number of aliphatic hydroxyl groups is 1. The van der Waals surface area contributed by atoms with E-state index in [1.54, 1.807) is 0 Å². The number of nitrogens with one attached hydrogen (secondary N) is 3. The summed E-state index contributed by atoms with van der Waals surface area (Å²) in [5.41, 5.74) is 6.43. The highest BCUT2D eigenvalue weighted by Gasteiger charge is 2.62. The molecule has 0 heterocycles. The van der Waals surface area contributed by atoms with Crippen LogP contribution in [0, 0.1) is 52.3 Å². The highest BCUT2D eigenvalue weighted by atomic mass is 16.3. The van der Waals surface area contributed by atoms with Gasteiger partial charge in [-0.1, -0.05) is 53.9 Å². The first-order valence-corrected chi connectivity index (χ1v) is 17.7. The molecule has 0 bridgehead atoms. The maximum absolute atomic E-state index is 11.8. The van der Waals surface area contributed by atoms with Gasteiger partial charge in [-0.05, 0) is 143 Å². The minimum absolute atomic E-state index is 0.0795. The lowest BCUT2D eigenvalue weighted by atomic mass is 9.43. The van der Waals surface area contributed by atoms with E-state index in [1.165, 1.54) is 70.6 Å². The van der Waals surface area contributed by atoms with Crippen molar-refractivity contribution in [3.8, 4) is 0 Å². The first-order chi connectivity index (χ1) is 19.2. The Bertz CT molecular complexity index is 747. The summed E-state index contributed by atoms with van der Waals surface area (Å²) in [4.78, 5) is 0. The van der Waals surface area contributed by atoms with Gasteiger partial charge in [-0.2, -0.15) is 0 Å². The highest BCUT2D eigenvalue weighted by Crippen LogP contribution is 2.68. The molecule has 4 aliphatic carbocycles. The summed E-state index contributed by atoms with van der Waals surface area (Å²) in [5.74, 6) is 5.24. The fourth-order valence-corrected chi connectivity index (χ4v) is 10.6. The molecule has 0 saturated heterocycles. The van der Waals surface area contributed by atoms with Gasteiger partial charge in [0, 0.05) is 19.1 Å². The predicted molar refractivity (Wildman–Crippen MR) is 170 cm³/mol. The van der Waals surface area contributed by atoms with Crippen molar-refractivity contribution in [2.24, 2.45) is 58.0 Å². The third-order valence-electron chi connectivity index (χ3n) is 12.9. The van der Waals surface area contributed by atoms with Crippen molar-refractivity contribution in [1.29, 1.82) is 0 Å². The van der Waals surface area contributed by atoms with Crippen LogP contribution in [0.25, 0.3) is 0 Å². The lowest BCUT2D eigenvalue weighted by molar-refractivity contribution is -0.167. The lowest BCUT2D eigenvalue weighted by Crippen LogP contribution is -2.59. The Hall–Kier alpha value is -0.200. The topological polar surface area (TPSA) is 82.3 Å². The second kappa shape index (κ2) is 15.0. The van der Waals surface area contributed by atoms with Gasteiger partial charge in [0.05, 0.1) is 6.10 Å². The Morgan fingerprint density at radius 2 is 1.48 bits per heavy atom. The van der Waals surface area contributed by atoms with E-state index in [9.17, 15) is 5.11 Å². The summed E-state index contributed by atoms with van der Waals surface area (Å²) in [6, 6.07) is 0.635. The number of hydrogen-bond donors (Lipinski definition) is 5. The van der Waals surface area contributed by atoms with E-state index in [0.29, 0.717) is 28.7 Å². The van der Waals surface area contributed by atoms with Gasteiger partial charge in [-0.15, -0.1) is 0 Å². The Kier molecular flexibility index (Phi) is 12.3. The Morgan fingerprint density at radius 3 is 2.20 bits per heavy atom. The first kappa shape index (κ1) is 32.7. The summed E-state index contributed by atoms with van der Waals surface area (Å²) < 4.78 is 0. The van der Waals surface area contributed by atoms with Crippen LogP contribution < -0.4 is 21.7 Å². The quantitative estimate of drug-likeness (QED) is 0.151. The number of hydrogen-bond acceptors (Lipinski definition) is 5. The van der Waals surface area contributed by atoms with Crippen LogP contribution in [0.2, 0.25) is 0 Å². The SMILES string of the molecule is CC(C)CCC[C@@H](C)[C@H]1CCC2C3C(CC[C@@]21C)[C@@]1(C)CC[C@H](NCCCNCCNCCCN)C[C@H]1C[C@H]3O. The van der Waals surface area contributed by atoms with Gasteiger partial charge in [0.25, 0.3) is 0 Å². The molecule has 4 saturated carbocycles. The molecule has 4 rings (SSSR count). The Morgan fingerprint density at radius 1 is 0.775 bits per heavy atom. The summed E-state index contributed by atoms with van der Waals surface area (Å²) in [7, 11) is 0. The zero-order chi connectivity index (χ0) is 28.8. The first-order valence-electron chi connectivity index (χ1n) is 17.7. The second-order valence-electron chi connectivity index (χ2n) is 15.7. The Labute approximate surface area is 248 Å². The molecule has 0 aromatic carbocycles. The minimum atomic E-state index is -0.0795. The van der Waals surface area contributed by atoms with E-state index in [-0.39, 0.29) is 6.10 Å². The van der Waals surface area contributed by atoms with Crippen LogP contribution in [0.3, 0.4) is 0 Å². The van der Waals surface area contributed by atoms with E-state index in [4.69, 9.17) is 5.73 Å². The summed E-state index contributed by atoms with van der Waals surface area (Å²) >= 11 is 0. The monoisotopic (exact) mass is 561 g/mol. The molecule has 4 fully saturated rings. The van der Waals surface area contributed by atoms with Crippen molar-refractivity contribution in [1.82, 2.24) is 16.0 Å². The average molecular weight is 561 g/mol. The summed E-state index contributed by atoms with van der Waals surface area (Å²) in [6.45, 7) is 18.6. The van der Waals surface area contributed by atoms with Gasteiger partial charge < -0.3 is 26.8 Å². The molecule has 0 spiro atoms. The summed E-state index contributed by atoms with van der Waals surface area (Å²) in [6.07, 6.45) is 16.9. The van der Waals surface area contributed by atoms with E-state index in [1.807, 2.05) is 0 Å². The van der Waals surface area contributed by atoms with Gasteiger partial charge in [0.15, 0.2) is 0 Å². The van der Waals surface area contributed by atoms with Gasteiger partial charge in [-0.3, -0.25) is 0 Å². The normalized spacial score (nSPS) is 40.0. The molecule has 0 radical (unpaired) electrons. The van der Waals surface area contributed by atoms with Crippen LogP contribution in [-0.2, 0) is 0 Å². The average Bonchev–Trinajstić information content (AvgIpc) is 3.27. The molecule has 40 heavy (non-hydrogen) atoms. The van der Waals surface area contributed by atoms with E-state index < -0.39 is 0 Å². The predicted octanol–water partition coefficient (Wildman–Crippen LogP) is 5.95. The van der Waals surface area contributed by atoms with Crippen LogP contribution in [0.15, 0.2) is 0 Å². The van der Waals surface area contributed by atoms with Crippen molar-refractivity contribution in [3.05, 3.63) is 0 Å². The molecule has 4 aliphatic rings. The largest absolute Gasteiger partial charge is 0.393 e. The maximum atomic E-state index is 11.8. The third-order valence-corrected chi connectivity index (χ3v) is 12.9. The minimum Gasteiger partial charge on any atom is -0.393 e. The van der Waals surface area contributed by atoms with Crippen LogP contribution >= 0.6 is 0 Å². The molecule has 10 atom stereocenters. The van der Waals surface area contributed by atoms with E-state index in [2.05, 4.69) is 50.6 Å². The van der Waals surface area contributed by atoms with Crippen molar-refractivity contribution in [2.45, 2.75) is 130 Å². The fourth-order valence-electron chi connectivity index (χ4n) is 10.6. The summed E-state index contributed by atoms with van der Waals surface area (Å²) in [5, 5.41) is 22.7. The van der Waals surface area contributed by atoms with Crippen molar-refractivity contribution >= 4 is 0 Å². The van der Waals surface area contributed by atoms with Crippen LogP contribution in [0.5, 0.6) is 0 Å². The molecule has 234 valence electrons. The van der Waals surface area contributed by atoms with Crippen molar-refractivity contribution in [2.75, 3.05) is 39.3 Å². The number of nitrogens with two attached hydrogens (primary N) is 1. The zero-order valence-electron chi connectivity index (χ0n) is 27.2. The van der Waals surface area contributed by atoms with Crippen molar-refractivity contribution in [3.63, 3.8) is 0 Å². The van der Waals surface area contributed by atoms with Crippen molar-refractivity contribution < 1.29 is 5.11 Å². The van der Waals surface area contributed by atoms with Gasteiger partial charge >= 0.3 is 0 Å². The van der Waals surface area contributed by atoms with Gasteiger partial charge in [0.2, 0.25) is 0 Å². The second-order valence-corrected chi connectivity index (χ2v) is 15.7. The van der Waals surface area contributed by atoms with Crippen LogP contribution in [0.4, 0.5) is 0 Å². The molecule has 0 aromatic rings. The fraction of sp³-hybridized carbons (Fsp3) is 1.00. The molecule has 0 aliphatic heterocycles. The number of rotatable bonds is 16.